The van der Waals surface area contributed by atoms with E-state index in [1.54, 1.807) is 0 Å². The lowest BCUT2D eigenvalue weighted by Crippen LogP contribution is -2.43. The van der Waals surface area contributed by atoms with Gasteiger partial charge in [-0.3, -0.25) is 4.68 Å². The van der Waals surface area contributed by atoms with Crippen LogP contribution in [-0.4, -0.2) is 36.0 Å². The van der Waals surface area contributed by atoms with E-state index in [-0.39, 0.29) is 24.8 Å². The Morgan fingerprint density at radius 1 is 1.17 bits per heavy atom. The van der Waals surface area contributed by atoms with E-state index in [4.69, 9.17) is 0 Å². The smallest absolute Gasteiger partial charge is 0.0680 e. The second-order valence-electron chi connectivity index (χ2n) is 4.25. The van der Waals surface area contributed by atoms with Gasteiger partial charge in [0, 0.05) is 44.3 Å². The number of fused-ring (bicyclic) bond motifs is 1. The monoisotopic (exact) mass is 288 g/mol. The van der Waals surface area contributed by atoms with E-state index >= 15 is 0 Å². The van der Waals surface area contributed by atoms with Crippen molar-refractivity contribution in [2.24, 2.45) is 7.05 Å². The summed E-state index contributed by atoms with van der Waals surface area (Å²) in [7, 11) is 1.98. The summed E-state index contributed by atoms with van der Waals surface area (Å²) in [6.07, 6.45) is 1.93. The van der Waals surface area contributed by atoms with Gasteiger partial charge in [0.25, 0.3) is 0 Å². The summed E-state index contributed by atoms with van der Waals surface area (Å²) >= 11 is 0. The molecule has 3 rings (SSSR count). The van der Waals surface area contributed by atoms with Gasteiger partial charge in [0.2, 0.25) is 0 Å². The second-order valence-corrected chi connectivity index (χ2v) is 4.25. The van der Waals surface area contributed by atoms with E-state index in [2.05, 4.69) is 33.5 Å². The molecule has 1 aromatic heterocycles. The second kappa shape index (κ2) is 6.27. The minimum atomic E-state index is 0. The molecule has 0 atom stereocenters. The van der Waals surface area contributed by atoms with Gasteiger partial charge in [-0.2, -0.15) is 5.10 Å². The summed E-state index contributed by atoms with van der Waals surface area (Å²) in [6, 6.07) is 6.57. The number of piperazine rings is 1. The molecule has 0 aliphatic carbocycles. The molecule has 2 heterocycles. The zero-order valence-corrected chi connectivity index (χ0v) is 11.9. The summed E-state index contributed by atoms with van der Waals surface area (Å²) in [5.41, 5.74) is 2.50. The van der Waals surface area contributed by atoms with Crippen LogP contribution < -0.4 is 10.2 Å². The quantitative estimate of drug-likeness (QED) is 0.869. The molecule has 1 saturated heterocycles. The summed E-state index contributed by atoms with van der Waals surface area (Å²) in [6.45, 7) is 4.33. The van der Waals surface area contributed by atoms with Crippen LogP contribution in [0.15, 0.2) is 24.4 Å². The third-order valence-electron chi connectivity index (χ3n) is 3.21. The number of nitrogens with one attached hydrogen (secondary N) is 1. The van der Waals surface area contributed by atoms with E-state index in [1.165, 1.54) is 16.6 Å². The Balaban J connectivity index is 0.000000810. The molecule has 18 heavy (non-hydrogen) atoms. The standard InChI is InChI=1S/C12H16N4.2ClH/c1-15-12-3-2-11(8-10(12)9-14-15)16-6-4-13-5-7-16;;/h2-3,8-9,13H,4-7H2,1H3;2*1H. The lowest BCUT2D eigenvalue weighted by Gasteiger charge is -2.29. The molecule has 4 nitrogen and oxygen atoms in total. The van der Waals surface area contributed by atoms with Crippen LogP contribution in [0.3, 0.4) is 0 Å². The highest BCUT2D eigenvalue weighted by molar-refractivity contribution is 5.85. The fourth-order valence-electron chi connectivity index (χ4n) is 2.27. The predicted molar refractivity (Wildman–Crippen MR) is 80.3 cm³/mol. The van der Waals surface area contributed by atoms with Crippen LogP contribution >= 0.6 is 24.8 Å². The SMILES string of the molecule is Cl.Cl.Cn1ncc2cc(N3CCNCC3)ccc21. The van der Waals surface area contributed by atoms with Crippen LogP contribution in [0.2, 0.25) is 0 Å². The highest BCUT2D eigenvalue weighted by Gasteiger charge is 2.11. The average Bonchev–Trinajstić information content (AvgIpc) is 2.72. The number of benzene rings is 1. The summed E-state index contributed by atoms with van der Waals surface area (Å²) in [4.78, 5) is 2.42. The molecule has 0 bridgehead atoms. The number of rotatable bonds is 1. The Bertz CT molecular complexity index is 506. The van der Waals surface area contributed by atoms with Gasteiger partial charge in [0.15, 0.2) is 0 Å². The molecule has 0 radical (unpaired) electrons. The van der Waals surface area contributed by atoms with Crippen LogP contribution in [0.5, 0.6) is 0 Å². The van der Waals surface area contributed by atoms with E-state index in [9.17, 15) is 0 Å². The molecule has 0 saturated carbocycles. The molecule has 1 aromatic carbocycles. The van der Waals surface area contributed by atoms with Crippen LogP contribution in [-0.2, 0) is 7.05 Å². The molecule has 0 amide bonds. The van der Waals surface area contributed by atoms with Gasteiger partial charge in [0.05, 0.1) is 11.7 Å². The first-order valence-electron chi connectivity index (χ1n) is 5.72. The number of aromatic nitrogens is 2. The Labute approximate surface area is 119 Å². The summed E-state index contributed by atoms with van der Waals surface area (Å²) in [5.74, 6) is 0. The maximum Gasteiger partial charge on any atom is 0.0680 e. The Morgan fingerprint density at radius 3 is 2.61 bits per heavy atom. The Hall–Kier alpha value is -0.970. The first kappa shape index (κ1) is 15.1. The highest BCUT2D eigenvalue weighted by atomic mass is 35.5. The number of halogens is 2. The number of hydrogen-bond donors (Lipinski definition) is 1. The summed E-state index contributed by atoms with van der Waals surface area (Å²) in [5, 5.41) is 8.86. The first-order chi connectivity index (χ1) is 7.84. The molecule has 6 heteroatoms. The van der Waals surface area contributed by atoms with E-state index < -0.39 is 0 Å². The van der Waals surface area contributed by atoms with Crippen molar-refractivity contribution in [1.82, 2.24) is 15.1 Å². The Morgan fingerprint density at radius 2 is 1.89 bits per heavy atom. The van der Waals surface area contributed by atoms with Gasteiger partial charge in [0.1, 0.15) is 0 Å². The van der Waals surface area contributed by atoms with Crippen molar-refractivity contribution in [3.8, 4) is 0 Å². The number of hydrogen-bond acceptors (Lipinski definition) is 3. The lowest BCUT2D eigenvalue weighted by atomic mass is 10.2. The lowest BCUT2D eigenvalue weighted by molar-refractivity contribution is 0.589. The Kier molecular flexibility index (Phi) is 5.26. The molecule has 0 unspecified atom stereocenters. The maximum atomic E-state index is 4.27. The number of nitrogens with zero attached hydrogens (tertiary/aromatic N) is 3. The van der Waals surface area contributed by atoms with Crippen LogP contribution in [0, 0.1) is 0 Å². The number of aryl methyl sites for hydroxylation is 1. The maximum absolute atomic E-state index is 4.27. The van der Waals surface area contributed by atoms with Gasteiger partial charge in [-0.1, -0.05) is 0 Å². The first-order valence-corrected chi connectivity index (χ1v) is 5.72. The summed E-state index contributed by atoms with van der Waals surface area (Å²) < 4.78 is 1.91. The van der Waals surface area contributed by atoms with Crippen molar-refractivity contribution < 1.29 is 0 Å². The van der Waals surface area contributed by atoms with E-state index in [0.717, 1.165) is 26.2 Å². The minimum Gasteiger partial charge on any atom is -0.369 e. The predicted octanol–water partition coefficient (Wildman–Crippen LogP) is 1.83. The zero-order chi connectivity index (χ0) is 11.0. The van der Waals surface area contributed by atoms with Crippen molar-refractivity contribution in [1.29, 1.82) is 0 Å². The largest absolute Gasteiger partial charge is 0.369 e. The van der Waals surface area contributed by atoms with Gasteiger partial charge >= 0.3 is 0 Å². The van der Waals surface area contributed by atoms with Crippen molar-refractivity contribution in [3.63, 3.8) is 0 Å². The van der Waals surface area contributed by atoms with Crippen molar-refractivity contribution >= 4 is 41.4 Å². The van der Waals surface area contributed by atoms with Crippen molar-refractivity contribution in [2.75, 3.05) is 31.1 Å². The van der Waals surface area contributed by atoms with Gasteiger partial charge < -0.3 is 10.2 Å². The van der Waals surface area contributed by atoms with Gasteiger partial charge in [-0.15, -0.1) is 24.8 Å². The fourth-order valence-corrected chi connectivity index (χ4v) is 2.27. The van der Waals surface area contributed by atoms with Crippen LogP contribution in [0.1, 0.15) is 0 Å². The van der Waals surface area contributed by atoms with Gasteiger partial charge in [-0.25, -0.2) is 0 Å². The molecular weight excluding hydrogens is 271 g/mol. The van der Waals surface area contributed by atoms with Crippen molar-refractivity contribution in [2.45, 2.75) is 0 Å². The molecule has 0 spiro atoms. The number of anilines is 1. The molecule has 100 valence electrons. The molecule has 2 aromatic rings. The minimum absolute atomic E-state index is 0. The van der Waals surface area contributed by atoms with Gasteiger partial charge in [-0.05, 0) is 18.2 Å². The molecule has 1 aliphatic rings. The van der Waals surface area contributed by atoms with Crippen LogP contribution in [0.4, 0.5) is 5.69 Å². The normalized spacial score (nSPS) is 15.1. The third kappa shape index (κ3) is 2.71. The molecular formula is C12H18Cl2N4. The average molecular weight is 289 g/mol. The molecule has 1 aliphatic heterocycles. The van der Waals surface area contributed by atoms with E-state index in [1.807, 2.05) is 17.9 Å². The zero-order valence-electron chi connectivity index (χ0n) is 10.3. The van der Waals surface area contributed by atoms with Crippen molar-refractivity contribution in [3.05, 3.63) is 24.4 Å². The van der Waals surface area contributed by atoms with E-state index in [0.29, 0.717) is 0 Å². The molecule has 1 N–H and O–H groups in total. The third-order valence-corrected chi connectivity index (χ3v) is 3.21. The van der Waals surface area contributed by atoms with Crippen LogP contribution in [0.25, 0.3) is 10.9 Å². The highest BCUT2D eigenvalue weighted by Crippen LogP contribution is 2.21. The topological polar surface area (TPSA) is 33.1 Å². The fraction of sp³-hybridized carbons (Fsp3) is 0.417. The molecule has 1 fully saturated rings.